The Morgan fingerprint density at radius 3 is 2.45 bits per heavy atom. The van der Waals surface area contributed by atoms with Crippen LogP contribution < -0.4 is 14.7 Å². The Morgan fingerprint density at radius 1 is 1.00 bits per heavy atom. The van der Waals surface area contributed by atoms with E-state index in [1.54, 1.807) is 11.3 Å². The van der Waals surface area contributed by atoms with Crippen LogP contribution in [0.15, 0.2) is 41.1 Å². The first-order valence-electron chi connectivity index (χ1n) is 11.7. The fourth-order valence-corrected chi connectivity index (χ4v) is 5.30. The van der Waals surface area contributed by atoms with Crippen molar-refractivity contribution in [3.05, 3.63) is 63.7 Å². The van der Waals surface area contributed by atoms with Crippen LogP contribution in [-0.2, 0) is 19.5 Å². The normalized spacial score (nSPS) is 16.7. The molecular formula is C25H31FN6S. The van der Waals surface area contributed by atoms with Gasteiger partial charge in [0.05, 0.1) is 5.69 Å². The van der Waals surface area contributed by atoms with Gasteiger partial charge in [-0.25, -0.2) is 9.37 Å². The third kappa shape index (κ3) is 4.82. The summed E-state index contributed by atoms with van der Waals surface area (Å²) < 4.78 is 13.3. The summed E-state index contributed by atoms with van der Waals surface area (Å²) in [6, 6.07) is 8.99. The first-order chi connectivity index (χ1) is 16.1. The second-order valence-electron chi connectivity index (χ2n) is 8.83. The summed E-state index contributed by atoms with van der Waals surface area (Å²) in [5.74, 6) is 1.71. The lowest BCUT2D eigenvalue weighted by Gasteiger charge is -2.37. The molecule has 174 valence electrons. The highest BCUT2D eigenvalue weighted by Crippen LogP contribution is 2.30. The van der Waals surface area contributed by atoms with Crippen molar-refractivity contribution in [3.8, 4) is 0 Å². The Hall–Kier alpha value is -2.71. The predicted octanol–water partition coefficient (Wildman–Crippen LogP) is 4.02. The molecule has 1 fully saturated rings. The standard InChI is InChI=1S/C25H31FN6S/c1-3-29(2)24-22-17-30(16-19-9-15-33-18-19)10-8-23(22)27-25(28-24)32-13-11-31(12-14-32)21-6-4-20(26)5-7-21/h4-7,9,15,18H,3,8,10-14,16-17H2,1-2H3. The number of rotatable bonds is 6. The maximum atomic E-state index is 13.3. The predicted molar refractivity (Wildman–Crippen MR) is 134 cm³/mol. The van der Waals surface area contributed by atoms with Crippen LogP contribution in [0.25, 0.3) is 0 Å². The molecule has 0 bridgehead atoms. The molecular weight excluding hydrogens is 435 g/mol. The smallest absolute Gasteiger partial charge is 0.227 e. The van der Waals surface area contributed by atoms with Crippen LogP contribution in [0.2, 0.25) is 0 Å². The van der Waals surface area contributed by atoms with Crippen LogP contribution in [0.3, 0.4) is 0 Å². The quantitative estimate of drug-likeness (QED) is 0.547. The highest BCUT2D eigenvalue weighted by atomic mass is 32.1. The van der Waals surface area contributed by atoms with Crippen molar-refractivity contribution in [1.82, 2.24) is 14.9 Å². The minimum Gasteiger partial charge on any atom is -0.368 e. The van der Waals surface area contributed by atoms with Crippen molar-refractivity contribution < 1.29 is 4.39 Å². The molecule has 2 aromatic heterocycles. The summed E-state index contributed by atoms with van der Waals surface area (Å²) in [6.45, 7) is 9.43. The molecule has 0 saturated carbocycles. The highest BCUT2D eigenvalue weighted by Gasteiger charge is 2.27. The Balaban J connectivity index is 1.33. The van der Waals surface area contributed by atoms with E-state index in [1.165, 1.54) is 29.0 Å². The Kier molecular flexibility index (Phi) is 6.46. The number of benzene rings is 1. The van der Waals surface area contributed by atoms with Crippen LogP contribution in [0, 0.1) is 5.82 Å². The lowest BCUT2D eigenvalue weighted by molar-refractivity contribution is 0.243. The molecule has 0 atom stereocenters. The van der Waals surface area contributed by atoms with Gasteiger partial charge in [0.15, 0.2) is 0 Å². The maximum absolute atomic E-state index is 13.3. The molecule has 0 aliphatic carbocycles. The second-order valence-corrected chi connectivity index (χ2v) is 9.61. The number of fused-ring (bicyclic) bond motifs is 1. The number of thiophene rings is 1. The molecule has 4 heterocycles. The molecule has 1 aromatic carbocycles. The third-order valence-corrected chi connectivity index (χ3v) is 7.41. The van der Waals surface area contributed by atoms with Crippen molar-refractivity contribution in [2.75, 3.05) is 61.0 Å². The maximum Gasteiger partial charge on any atom is 0.227 e. The van der Waals surface area contributed by atoms with Crippen molar-refractivity contribution in [2.45, 2.75) is 26.4 Å². The number of nitrogens with zero attached hydrogens (tertiary/aromatic N) is 6. The van der Waals surface area contributed by atoms with Crippen LogP contribution in [0.4, 0.5) is 21.8 Å². The molecule has 5 rings (SSSR count). The van der Waals surface area contributed by atoms with Crippen molar-refractivity contribution >= 4 is 28.8 Å². The molecule has 8 heteroatoms. The molecule has 3 aromatic rings. The molecule has 0 amide bonds. The zero-order chi connectivity index (χ0) is 22.8. The van der Waals surface area contributed by atoms with E-state index in [9.17, 15) is 4.39 Å². The summed E-state index contributed by atoms with van der Waals surface area (Å²) in [5.41, 5.74) is 4.91. The molecule has 0 N–H and O–H groups in total. The Morgan fingerprint density at radius 2 is 1.76 bits per heavy atom. The molecule has 0 spiro atoms. The SMILES string of the molecule is CCN(C)c1nc(N2CCN(c3ccc(F)cc3)CC2)nc2c1CN(Cc1ccsc1)CC2. The Labute approximate surface area is 199 Å². The molecule has 2 aliphatic rings. The lowest BCUT2D eigenvalue weighted by atomic mass is 10.0. The number of hydrogen-bond acceptors (Lipinski definition) is 7. The number of halogens is 1. The van der Waals surface area contributed by atoms with E-state index in [0.717, 1.165) is 76.2 Å². The lowest BCUT2D eigenvalue weighted by Crippen LogP contribution is -2.47. The van der Waals surface area contributed by atoms with Crippen LogP contribution in [-0.4, -0.2) is 61.2 Å². The van der Waals surface area contributed by atoms with E-state index in [-0.39, 0.29) is 5.82 Å². The van der Waals surface area contributed by atoms with Gasteiger partial charge < -0.3 is 14.7 Å². The van der Waals surface area contributed by atoms with Gasteiger partial charge in [-0.1, -0.05) is 0 Å². The van der Waals surface area contributed by atoms with E-state index in [4.69, 9.17) is 9.97 Å². The van der Waals surface area contributed by atoms with E-state index in [0.29, 0.717) is 0 Å². The first-order valence-corrected chi connectivity index (χ1v) is 12.6. The largest absolute Gasteiger partial charge is 0.368 e. The van der Waals surface area contributed by atoms with Crippen molar-refractivity contribution in [2.24, 2.45) is 0 Å². The van der Waals surface area contributed by atoms with E-state index < -0.39 is 0 Å². The first kappa shape index (κ1) is 22.1. The van der Waals surface area contributed by atoms with Crippen LogP contribution in [0.1, 0.15) is 23.7 Å². The fourth-order valence-electron chi connectivity index (χ4n) is 4.64. The van der Waals surface area contributed by atoms with Gasteiger partial charge in [-0.2, -0.15) is 16.3 Å². The van der Waals surface area contributed by atoms with E-state index >= 15 is 0 Å². The van der Waals surface area contributed by atoms with Gasteiger partial charge in [-0.05, 0) is 53.6 Å². The average molecular weight is 467 g/mol. The van der Waals surface area contributed by atoms with Crippen LogP contribution in [0.5, 0.6) is 0 Å². The minimum atomic E-state index is -0.193. The molecule has 0 unspecified atom stereocenters. The Bertz CT molecular complexity index is 1060. The monoisotopic (exact) mass is 466 g/mol. The van der Waals surface area contributed by atoms with Gasteiger partial charge in [-0.15, -0.1) is 0 Å². The summed E-state index contributed by atoms with van der Waals surface area (Å²) in [5, 5.41) is 4.38. The van der Waals surface area contributed by atoms with Gasteiger partial charge in [0.1, 0.15) is 11.6 Å². The van der Waals surface area contributed by atoms with Gasteiger partial charge in [0.25, 0.3) is 0 Å². The molecule has 0 radical (unpaired) electrons. The zero-order valence-corrected chi connectivity index (χ0v) is 20.2. The van der Waals surface area contributed by atoms with E-state index in [1.807, 2.05) is 12.1 Å². The van der Waals surface area contributed by atoms with Gasteiger partial charge in [0.2, 0.25) is 5.95 Å². The van der Waals surface area contributed by atoms with Crippen LogP contribution >= 0.6 is 11.3 Å². The highest BCUT2D eigenvalue weighted by molar-refractivity contribution is 7.07. The average Bonchev–Trinajstić information content (AvgIpc) is 3.36. The van der Waals surface area contributed by atoms with Crippen molar-refractivity contribution in [1.29, 1.82) is 0 Å². The zero-order valence-electron chi connectivity index (χ0n) is 19.4. The van der Waals surface area contributed by atoms with Gasteiger partial charge >= 0.3 is 0 Å². The number of aromatic nitrogens is 2. The minimum absolute atomic E-state index is 0.193. The van der Waals surface area contributed by atoms with E-state index in [2.05, 4.69) is 50.4 Å². The second kappa shape index (κ2) is 9.65. The topological polar surface area (TPSA) is 38.7 Å². The number of anilines is 3. The third-order valence-electron chi connectivity index (χ3n) is 6.68. The number of piperazine rings is 1. The molecule has 6 nitrogen and oxygen atoms in total. The number of hydrogen-bond donors (Lipinski definition) is 0. The summed E-state index contributed by atoms with van der Waals surface area (Å²) in [7, 11) is 2.12. The summed E-state index contributed by atoms with van der Waals surface area (Å²) in [4.78, 5) is 19.5. The molecule has 1 saturated heterocycles. The molecule has 33 heavy (non-hydrogen) atoms. The van der Waals surface area contributed by atoms with Gasteiger partial charge in [-0.3, -0.25) is 4.90 Å². The summed E-state index contributed by atoms with van der Waals surface area (Å²) in [6.07, 6.45) is 0.953. The summed E-state index contributed by atoms with van der Waals surface area (Å²) >= 11 is 1.76. The molecule has 2 aliphatic heterocycles. The van der Waals surface area contributed by atoms with Gasteiger partial charge in [0, 0.05) is 77.1 Å². The fraction of sp³-hybridized carbons (Fsp3) is 0.440. The van der Waals surface area contributed by atoms with Crippen molar-refractivity contribution in [3.63, 3.8) is 0 Å².